The summed E-state index contributed by atoms with van der Waals surface area (Å²) in [5.41, 5.74) is 2.60. The van der Waals surface area contributed by atoms with Gasteiger partial charge in [-0.1, -0.05) is 47.7 Å². The zero-order valence-electron chi connectivity index (χ0n) is 17.8. The second-order valence-electron chi connectivity index (χ2n) is 7.22. The second kappa shape index (κ2) is 9.25. The zero-order chi connectivity index (χ0) is 24.3. The number of ketones is 1. The van der Waals surface area contributed by atoms with Crippen molar-refractivity contribution in [2.24, 2.45) is 26.4 Å². The Morgan fingerprint density at radius 2 is 1.71 bits per heavy atom. The molecule has 34 heavy (non-hydrogen) atoms. The summed E-state index contributed by atoms with van der Waals surface area (Å²) in [4.78, 5) is 15.6. The van der Waals surface area contributed by atoms with Crippen LogP contribution >= 0.6 is 0 Å². The third-order valence-corrected chi connectivity index (χ3v) is 5.87. The Hall–Kier alpha value is -4.35. The molecule has 1 aromatic heterocycles. The normalized spacial score (nSPS) is 12.1. The smallest absolute Gasteiger partial charge is 0.295 e. The maximum atomic E-state index is 12.0. The molecule has 0 unspecified atom stereocenters. The molecule has 0 radical (unpaired) electrons. The fourth-order valence-electron chi connectivity index (χ4n) is 3.39. The van der Waals surface area contributed by atoms with Gasteiger partial charge in [0.15, 0.2) is 5.78 Å². The molecule has 0 spiro atoms. The summed E-state index contributed by atoms with van der Waals surface area (Å²) in [6.45, 7) is 1.49. The summed E-state index contributed by atoms with van der Waals surface area (Å²) in [5, 5.41) is 16.0. The first-order chi connectivity index (χ1) is 16.3. The Kier molecular flexibility index (Phi) is 6.21. The zero-order valence-corrected chi connectivity index (χ0v) is 18.6. The van der Waals surface area contributed by atoms with Crippen molar-refractivity contribution in [1.29, 1.82) is 0 Å². The highest BCUT2D eigenvalue weighted by Crippen LogP contribution is 2.40. The number of rotatable bonds is 6. The van der Waals surface area contributed by atoms with E-state index in [1.165, 1.54) is 19.2 Å². The third kappa shape index (κ3) is 4.70. The number of nitrogens with zero attached hydrogens (tertiary/aromatic N) is 5. The van der Waals surface area contributed by atoms with E-state index in [9.17, 15) is 17.8 Å². The van der Waals surface area contributed by atoms with Gasteiger partial charge in [0.05, 0.1) is 11.9 Å². The van der Waals surface area contributed by atoms with Crippen LogP contribution in [0.1, 0.15) is 17.3 Å². The summed E-state index contributed by atoms with van der Waals surface area (Å²) < 4.78 is 33.6. The van der Waals surface area contributed by atoms with E-state index in [0.717, 1.165) is 11.6 Å². The molecular formula is C23H18N6O4S. The summed E-state index contributed by atoms with van der Waals surface area (Å²) in [6, 6.07) is 18.1. The third-order valence-electron chi connectivity index (χ3n) is 4.98. The summed E-state index contributed by atoms with van der Waals surface area (Å²) in [5.74, 6) is 5.20. The molecule has 4 rings (SSSR count). The van der Waals surface area contributed by atoms with E-state index in [0.29, 0.717) is 22.3 Å². The Balaban J connectivity index is 1.74. The van der Waals surface area contributed by atoms with Gasteiger partial charge in [-0.25, -0.2) is 0 Å². The van der Waals surface area contributed by atoms with E-state index in [-0.39, 0.29) is 27.4 Å². The maximum Gasteiger partial charge on any atom is 0.295 e. The van der Waals surface area contributed by atoms with Gasteiger partial charge in [-0.3, -0.25) is 14.3 Å². The molecule has 0 atom stereocenters. The van der Waals surface area contributed by atoms with Gasteiger partial charge in [-0.15, -0.1) is 15.3 Å². The van der Waals surface area contributed by atoms with Crippen LogP contribution in [-0.2, 0) is 10.1 Å². The van der Waals surface area contributed by atoms with E-state index >= 15 is 0 Å². The van der Waals surface area contributed by atoms with Gasteiger partial charge in [-0.05, 0) is 31.2 Å². The molecule has 0 aliphatic rings. The number of nitrogens with two attached hydrogens (primary N) is 1. The van der Waals surface area contributed by atoms with Crippen molar-refractivity contribution in [2.75, 3.05) is 0 Å². The number of carbonyl (C=O) groups is 1. The Morgan fingerprint density at radius 3 is 2.35 bits per heavy atom. The van der Waals surface area contributed by atoms with E-state index < -0.39 is 10.1 Å². The molecule has 0 bridgehead atoms. The molecule has 0 aliphatic heterocycles. The van der Waals surface area contributed by atoms with Crippen molar-refractivity contribution >= 4 is 43.7 Å². The van der Waals surface area contributed by atoms with Gasteiger partial charge in [0.1, 0.15) is 22.0 Å². The average molecular weight is 475 g/mol. The van der Waals surface area contributed by atoms with Gasteiger partial charge < -0.3 is 5.84 Å². The van der Waals surface area contributed by atoms with Crippen molar-refractivity contribution in [1.82, 2.24) is 4.98 Å². The van der Waals surface area contributed by atoms with Crippen molar-refractivity contribution in [3.05, 3.63) is 78.5 Å². The summed E-state index contributed by atoms with van der Waals surface area (Å²) >= 11 is 0. The van der Waals surface area contributed by atoms with Crippen LogP contribution in [0.4, 0.5) is 17.1 Å². The number of pyridine rings is 1. The number of Topliss-reactive ketones (excluding diaryl/α,β-unsaturated/α-hetero) is 1. The summed E-state index contributed by atoms with van der Waals surface area (Å²) in [6.07, 6.45) is 1.48. The Labute approximate surface area is 194 Å². The number of aromatic nitrogens is 1. The van der Waals surface area contributed by atoms with Crippen LogP contribution in [0.25, 0.3) is 22.0 Å². The fourth-order valence-corrected chi connectivity index (χ4v) is 4.11. The summed E-state index contributed by atoms with van der Waals surface area (Å²) in [7, 11) is -4.55. The first kappa shape index (κ1) is 22.8. The number of hydrogen-bond donors (Lipinski definition) is 2. The molecule has 4 aromatic rings. The van der Waals surface area contributed by atoms with E-state index in [1.807, 2.05) is 6.07 Å². The topological polar surface area (TPSA) is 160 Å². The Morgan fingerprint density at radius 1 is 0.941 bits per heavy atom. The Bertz CT molecular complexity index is 1560. The van der Waals surface area contributed by atoms with Crippen molar-refractivity contribution in [3.63, 3.8) is 0 Å². The van der Waals surface area contributed by atoms with Gasteiger partial charge in [0, 0.05) is 21.9 Å². The van der Waals surface area contributed by atoms with Crippen LogP contribution in [0.5, 0.6) is 0 Å². The predicted molar refractivity (Wildman–Crippen MR) is 126 cm³/mol. The SMILES string of the molecule is CC(=O)c1cccc(-c2ccc(N=Nc3cc(S(=O)(=O)O)c4ccccc4c3N=NN)cn2)c1. The minimum absolute atomic E-state index is 0.0405. The lowest BCUT2D eigenvalue weighted by Crippen LogP contribution is -1.99. The van der Waals surface area contributed by atoms with Gasteiger partial charge in [-0.2, -0.15) is 8.42 Å². The largest absolute Gasteiger partial charge is 0.305 e. The lowest BCUT2D eigenvalue weighted by molar-refractivity contribution is 0.101. The van der Waals surface area contributed by atoms with Crippen LogP contribution < -0.4 is 5.84 Å². The van der Waals surface area contributed by atoms with Crippen LogP contribution in [-0.4, -0.2) is 23.7 Å². The standard InChI is InChI=1S/C23H18N6O4S/c1-14(30)15-5-4-6-16(11-15)20-10-9-17(13-25-20)26-27-21-12-22(34(31,32)33)18-7-2-3-8-19(18)23(21)28-29-24/h2-13H,1H3,(H2,24,28)(H,31,32,33). The number of fused-ring (bicyclic) bond motifs is 1. The average Bonchev–Trinajstić information content (AvgIpc) is 2.83. The van der Waals surface area contributed by atoms with E-state index in [4.69, 9.17) is 5.84 Å². The van der Waals surface area contributed by atoms with E-state index in [1.54, 1.807) is 48.5 Å². The molecule has 0 aliphatic carbocycles. The van der Waals surface area contributed by atoms with E-state index in [2.05, 4.69) is 25.5 Å². The molecular weight excluding hydrogens is 456 g/mol. The second-order valence-corrected chi connectivity index (χ2v) is 8.61. The molecule has 11 heteroatoms. The van der Waals surface area contributed by atoms with Crippen LogP contribution in [0, 0.1) is 0 Å². The predicted octanol–water partition coefficient (Wildman–Crippen LogP) is 5.72. The van der Waals surface area contributed by atoms with Crippen molar-refractivity contribution in [3.8, 4) is 11.3 Å². The maximum absolute atomic E-state index is 12.0. The highest BCUT2D eigenvalue weighted by molar-refractivity contribution is 7.86. The van der Waals surface area contributed by atoms with Crippen molar-refractivity contribution in [2.45, 2.75) is 11.8 Å². The molecule has 10 nitrogen and oxygen atoms in total. The molecule has 0 saturated carbocycles. The molecule has 0 amide bonds. The minimum atomic E-state index is -4.55. The molecule has 3 aromatic carbocycles. The van der Waals surface area contributed by atoms with Gasteiger partial charge in [0.2, 0.25) is 0 Å². The fraction of sp³-hybridized carbons (Fsp3) is 0.0435. The molecule has 3 N–H and O–H groups in total. The molecule has 1 heterocycles. The number of carbonyl (C=O) groups excluding carboxylic acids is 1. The van der Waals surface area contributed by atoms with Gasteiger partial charge >= 0.3 is 0 Å². The van der Waals surface area contributed by atoms with Gasteiger partial charge in [0.25, 0.3) is 10.1 Å². The van der Waals surface area contributed by atoms with Crippen LogP contribution in [0.2, 0.25) is 0 Å². The minimum Gasteiger partial charge on any atom is -0.305 e. The van der Waals surface area contributed by atoms with Crippen LogP contribution in [0.15, 0.2) is 98.4 Å². The highest BCUT2D eigenvalue weighted by atomic mass is 32.2. The van der Waals surface area contributed by atoms with Crippen molar-refractivity contribution < 1.29 is 17.8 Å². The first-order valence-electron chi connectivity index (χ1n) is 9.91. The lowest BCUT2D eigenvalue weighted by atomic mass is 10.1. The molecule has 170 valence electrons. The monoisotopic (exact) mass is 474 g/mol. The van der Waals surface area contributed by atoms with Crippen LogP contribution in [0.3, 0.4) is 0 Å². The lowest BCUT2D eigenvalue weighted by Gasteiger charge is -2.08. The number of benzene rings is 3. The first-order valence-corrected chi connectivity index (χ1v) is 11.4. The number of hydrogen-bond acceptors (Lipinski definition) is 8. The molecule has 0 fully saturated rings. The quantitative estimate of drug-likeness (QED) is 0.119. The molecule has 0 saturated heterocycles. The highest BCUT2D eigenvalue weighted by Gasteiger charge is 2.20. The number of azo groups is 1.